The summed E-state index contributed by atoms with van der Waals surface area (Å²) in [6, 6.07) is 16.2. The van der Waals surface area contributed by atoms with Crippen LogP contribution in [0.5, 0.6) is 5.75 Å². The fourth-order valence-corrected chi connectivity index (χ4v) is 2.19. The Hall–Kier alpha value is -3.19. The van der Waals surface area contributed by atoms with Crippen molar-refractivity contribution in [2.45, 2.75) is 6.61 Å². The number of para-hydroxylation sites is 1. The first-order valence-electron chi connectivity index (χ1n) is 8.03. The smallest absolute Gasteiger partial charge is 0.337 e. The molecule has 1 aromatic heterocycles. The molecule has 3 rings (SSSR count). The van der Waals surface area contributed by atoms with E-state index in [1.54, 1.807) is 24.3 Å². The molecule has 7 nitrogen and oxygen atoms in total. The number of carbonyl (C=O) groups excluding carboxylic acids is 1. The van der Waals surface area contributed by atoms with Crippen LogP contribution in [0.2, 0.25) is 0 Å². The van der Waals surface area contributed by atoms with Gasteiger partial charge in [0.05, 0.1) is 19.3 Å². The summed E-state index contributed by atoms with van der Waals surface area (Å²) in [5.41, 5.74) is 1.17. The molecule has 2 aromatic carbocycles. The van der Waals surface area contributed by atoms with E-state index in [-0.39, 0.29) is 6.61 Å². The molecule has 0 spiro atoms. The number of methoxy groups -OCH3 is 1. The Morgan fingerprint density at radius 3 is 2.50 bits per heavy atom. The Bertz CT molecular complexity index is 831. The van der Waals surface area contributed by atoms with Gasteiger partial charge < -0.3 is 18.6 Å². The first-order valence-corrected chi connectivity index (χ1v) is 8.03. The summed E-state index contributed by atoms with van der Waals surface area (Å²) in [4.78, 5) is 11.4. The maximum Gasteiger partial charge on any atom is 0.337 e. The number of rotatable bonds is 8. The van der Waals surface area contributed by atoms with Crippen molar-refractivity contribution in [1.82, 2.24) is 10.2 Å². The Kier molecular flexibility index (Phi) is 5.95. The summed E-state index contributed by atoms with van der Waals surface area (Å²) < 4.78 is 21.2. The number of nitrogens with zero attached hydrogens (tertiary/aromatic N) is 2. The first-order chi connectivity index (χ1) is 12.8. The molecule has 7 heteroatoms. The van der Waals surface area contributed by atoms with Crippen LogP contribution in [0.3, 0.4) is 0 Å². The summed E-state index contributed by atoms with van der Waals surface area (Å²) in [6.07, 6.45) is 0. The Morgan fingerprint density at radius 2 is 1.77 bits per heavy atom. The third kappa shape index (κ3) is 4.67. The van der Waals surface area contributed by atoms with Crippen molar-refractivity contribution < 1.29 is 23.4 Å². The van der Waals surface area contributed by atoms with Crippen molar-refractivity contribution in [3.05, 3.63) is 66.1 Å². The van der Waals surface area contributed by atoms with E-state index in [9.17, 15) is 4.79 Å². The van der Waals surface area contributed by atoms with E-state index in [2.05, 4.69) is 14.9 Å². The molecule has 0 aliphatic heterocycles. The molecule has 0 aliphatic rings. The van der Waals surface area contributed by atoms with Gasteiger partial charge in [0.2, 0.25) is 11.8 Å². The van der Waals surface area contributed by atoms with E-state index >= 15 is 0 Å². The van der Waals surface area contributed by atoms with E-state index in [1.165, 1.54) is 7.11 Å². The van der Waals surface area contributed by atoms with E-state index in [1.807, 2.05) is 30.3 Å². The third-order valence-corrected chi connectivity index (χ3v) is 3.48. The lowest BCUT2D eigenvalue weighted by molar-refractivity contribution is 0.0600. The molecule has 0 aliphatic carbocycles. The number of esters is 1. The van der Waals surface area contributed by atoms with Gasteiger partial charge in [-0.3, -0.25) is 0 Å². The van der Waals surface area contributed by atoms with Gasteiger partial charge in [0.25, 0.3) is 0 Å². The zero-order valence-corrected chi connectivity index (χ0v) is 14.3. The van der Waals surface area contributed by atoms with Gasteiger partial charge >= 0.3 is 5.97 Å². The van der Waals surface area contributed by atoms with Crippen molar-refractivity contribution >= 4 is 5.97 Å². The van der Waals surface area contributed by atoms with Gasteiger partial charge in [-0.05, 0) is 36.4 Å². The monoisotopic (exact) mass is 354 g/mol. The minimum absolute atomic E-state index is 0.200. The minimum Gasteiger partial charge on any atom is -0.491 e. The lowest BCUT2D eigenvalue weighted by Crippen LogP contribution is -2.06. The first kappa shape index (κ1) is 17.6. The Labute approximate surface area is 150 Å². The highest BCUT2D eigenvalue weighted by Gasteiger charge is 2.10. The maximum absolute atomic E-state index is 11.4. The van der Waals surface area contributed by atoms with Crippen LogP contribution < -0.4 is 4.74 Å². The van der Waals surface area contributed by atoms with E-state index in [4.69, 9.17) is 13.9 Å². The van der Waals surface area contributed by atoms with Gasteiger partial charge in [-0.25, -0.2) is 4.79 Å². The zero-order chi connectivity index (χ0) is 18.2. The van der Waals surface area contributed by atoms with E-state index in [0.29, 0.717) is 36.1 Å². The predicted molar refractivity (Wildman–Crippen MR) is 92.7 cm³/mol. The number of hydrogen-bond donors (Lipinski definition) is 0. The predicted octanol–water partition coefficient (Wildman–Crippen LogP) is 3.12. The van der Waals surface area contributed by atoms with Crippen LogP contribution in [-0.2, 0) is 16.1 Å². The molecule has 0 fully saturated rings. The molecule has 1 heterocycles. The SMILES string of the molecule is COC(=O)c1ccc(-c2nnc(COCCOc3ccccc3)o2)cc1. The lowest BCUT2D eigenvalue weighted by atomic mass is 10.1. The molecule has 0 bridgehead atoms. The molecular weight excluding hydrogens is 336 g/mol. The molecular formula is C19H18N2O5. The average Bonchev–Trinajstić information content (AvgIpc) is 3.17. The highest BCUT2D eigenvalue weighted by atomic mass is 16.5. The van der Waals surface area contributed by atoms with E-state index in [0.717, 1.165) is 5.75 Å². The fraction of sp³-hybridized carbons (Fsp3) is 0.211. The Morgan fingerprint density at radius 1 is 1.00 bits per heavy atom. The normalized spacial score (nSPS) is 10.5. The van der Waals surface area contributed by atoms with Crippen molar-refractivity contribution in [3.63, 3.8) is 0 Å². The standard InChI is InChI=1S/C19H18N2O5/c1-23-19(22)15-9-7-14(8-10-15)18-21-20-17(26-18)13-24-11-12-25-16-5-3-2-4-6-16/h2-10H,11-13H2,1H3. The molecule has 134 valence electrons. The topological polar surface area (TPSA) is 83.7 Å². The number of benzene rings is 2. The van der Waals surface area contributed by atoms with Gasteiger partial charge in [0.15, 0.2) is 0 Å². The van der Waals surface area contributed by atoms with Crippen LogP contribution in [0.4, 0.5) is 0 Å². The van der Waals surface area contributed by atoms with Crippen LogP contribution in [0, 0.1) is 0 Å². The second-order valence-electron chi connectivity index (χ2n) is 5.28. The summed E-state index contributed by atoms with van der Waals surface area (Å²) in [6.45, 7) is 1.03. The summed E-state index contributed by atoms with van der Waals surface area (Å²) in [5.74, 6) is 1.14. The number of carbonyl (C=O) groups is 1. The molecule has 0 unspecified atom stereocenters. The van der Waals surface area contributed by atoms with Gasteiger partial charge in [-0.1, -0.05) is 18.2 Å². The van der Waals surface area contributed by atoms with Crippen molar-refractivity contribution in [2.75, 3.05) is 20.3 Å². The minimum atomic E-state index is -0.395. The highest BCUT2D eigenvalue weighted by Crippen LogP contribution is 2.19. The van der Waals surface area contributed by atoms with E-state index < -0.39 is 5.97 Å². The lowest BCUT2D eigenvalue weighted by Gasteiger charge is -2.05. The maximum atomic E-state index is 11.4. The molecule has 0 N–H and O–H groups in total. The Balaban J connectivity index is 1.46. The zero-order valence-electron chi connectivity index (χ0n) is 14.3. The van der Waals surface area contributed by atoms with Crippen LogP contribution in [0.1, 0.15) is 16.2 Å². The molecule has 0 saturated carbocycles. The van der Waals surface area contributed by atoms with Gasteiger partial charge in [-0.15, -0.1) is 10.2 Å². The summed E-state index contributed by atoms with van der Waals surface area (Å²) in [5, 5.41) is 7.93. The largest absolute Gasteiger partial charge is 0.491 e. The van der Waals surface area contributed by atoms with Gasteiger partial charge in [0, 0.05) is 5.56 Å². The molecule has 0 atom stereocenters. The number of aromatic nitrogens is 2. The van der Waals surface area contributed by atoms with Gasteiger partial charge in [-0.2, -0.15) is 0 Å². The second-order valence-corrected chi connectivity index (χ2v) is 5.28. The molecule has 26 heavy (non-hydrogen) atoms. The molecule has 0 amide bonds. The second kappa shape index (κ2) is 8.77. The van der Waals surface area contributed by atoms with Gasteiger partial charge in [0.1, 0.15) is 19.0 Å². The number of hydrogen-bond acceptors (Lipinski definition) is 7. The van der Waals surface area contributed by atoms with Crippen LogP contribution in [-0.4, -0.2) is 36.5 Å². The van der Waals surface area contributed by atoms with Crippen LogP contribution >= 0.6 is 0 Å². The summed E-state index contributed by atoms with van der Waals surface area (Å²) in [7, 11) is 1.34. The fourth-order valence-electron chi connectivity index (χ4n) is 2.19. The molecule has 0 saturated heterocycles. The third-order valence-electron chi connectivity index (χ3n) is 3.48. The summed E-state index contributed by atoms with van der Waals surface area (Å²) >= 11 is 0. The average molecular weight is 354 g/mol. The van der Waals surface area contributed by atoms with Crippen molar-refractivity contribution in [2.24, 2.45) is 0 Å². The quantitative estimate of drug-likeness (QED) is 0.454. The highest BCUT2D eigenvalue weighted by molar-refractivity contribution is 5.89. The van der Waals surface area contributed by atoms with Crippen molar-refractivity contribution in [1.29, 1.82) is 0 Å². The molecule has 3 aromatic rings. The van der Waals surface area contributed by atoms with Crippen molar-refractivity contribution in [3.8, 4) is 17.2 Å². The number of ether oxygens (including phenoxy) is 3. The van der Waals surface area contributed by atoms with Crippen LogP contribution in [0.15, 0.2) is 59.0 Å². The van der Waals surface area contributed by atoms with Crippen LogP contribution in [0.25, 0.3) is 11.5 Å². The molecule has 0 radical (unpaired) electrons.